The third-order valence-corrected chi connectivity index (χ3v) is 1.76. The molecule has 1 fully saturated rings. The lowest BCUT2D eigenvalue weighted by Crippen LogP contribution is -2.17. The predicted molar refractivity (Wildman–Crippen MR) is 33.3 cm³/mol. The molecule has 1 rings (SSSR count). The van der Waals surface area contributed by atoms with Gasteiger partial charge in [0.15, 0.2) is 0 Å². The lowest BCUT2D eigenvalue weighted by Gasteiger charge is -2.21. The van der Waals surface area contributed by atoms with Crippen LogP contribution < -0.4 is 0 Å². The van der Waals surface area contributed by atoms with Gasteiger partial charge in [-0.25, -0.2) is 0 Å². The van der Waals surface area contributed by atoms with Crippen LogP contribution in [0.3, 0.4) is 0 Å². The zero-order chi connectivity index (χ0) is 5.98. The fourth-order valence-corrected chi connectivity index (χ4v) is 1.26. The summed E-state index contributed by atoms with van der Waals surface area (Å²) in [5, 5.41) is 9.04. The van der Waals surface area contributed by atoms with Gasteiger partial charge in [0.25, 0.3) is 0 Å². The third kappa shape index (κ3) is 1.48. The van der Waals surface area contributed by atoms with E-state index in [9.17, 15) is 0 Å². The van der Waals surface area contributed by atoms with Crippen LogP contribution in [0.1, 0.15) is 25.7 Å². The number of aliphatic hydroxyl groups excluding tert-OH is 1. The molecule has 0 saturated heterocycles. The summed E-state index contributed by atoms with van der Waals surface area (Å²) >= 11 is 0. The molecule has 2 unspecified atom stereocenters. The summed E-state index contributed by atoms with van der Waals surface area (Å²) in [5.41, 5.74) is 0. The molecular weight excluding hydrogens is 100 g/mol. The summed E-state index contributed by atoms with van der Waals surface area (Å²) in [7, 11) is 0. The van der Waals surface area contributed by atoms with Crippen molar-refractivity contribution >= 4 is 0 Å². The summed E-state index contributed by atoms with van der Waals surface area (Å²) in [6.07, 6.45) is 4.23. The Labute approximate surface area is 50.7 Å². The van der Waals surface area contributed by atoms with E-state index in [-0.39, 0.29) is 6.10 Å². The van der Waals surface area contributed by atoms with Crippen molar-refractivity contribution in [3.8, 4) is 0 Å². The molecule has 0 aliphatic heterocycles. The van der Waals surface area contributed by atoms with E-state index in [1.165, 1.54) is 6.42 Å². The van der Waals surface area contributed by atoms with Gasteiger partial charge in [0.1, 0.15) is 0 Å². The van der Waals surface area contributed by atoms with E-state index in [0.717, 1.165) is 19.3 Å². The second-order valence-electron chi connectivity index (χ2n) is 2.69. The smallest absolute Gasteiger partial charge is 0.0542 e. The van der Waals surface area contributed by atoms with E-state index in [4.69, 9.17) is 5.11 Å². The molecule has 0 bridgehead atoms. The molecule has 0 aromatic carbocycles. The minimum absolute atomic E-state index is 0.0498. The van der Waals surface area contributed by atoms with Crippen molar-refractivity contribution in [3.05, 3.63) is 6.92 Å². The fraction of sp³-hybridized carbons (Fsp3) is 0.857. The number of hydrogen-bond donors (Lipinski definition) is 1. The van der Waals surface area contributed by atoms with Crippen LogP contribution in [0, 0.1) is 12.8 Å². The van der Waals surface area contributed by atoms with Crippen molar-refractivity contribution in [2.45, 2.75) is 31.8 Å². The molecule has 0 aromatic heterocycles. The zero-order valence-electron chi connectivity index (χ0n) is 5.14. The third-order valence-electron chi connectivity index (χ3n) is 1.76. The monoisotopic (exact) mass is 113 g/mol. The Hall–Kier alpha value is -0.0400. The first-order valence-electron chi connectivity index (χ1n) is 3.30. The van der Waals surface area contributed by atoms with Gasteiger partial charge in [-0.05, 0) is 18.8 Å². The lowest BCUT2D eigenvalue weighted by molar-refractivity contribution is 0.112. The summed E-state index contributed by atoms with van der Waals surface area (Å²) in [5.74, 6) is 0.513. The Kier molecular flexibility index (Phi) is 1.90. The summed E-state index contributed by atoms with van der Waals surface area (Å²) in [6, 6.07) is 0. The molecule has 1 heteroatoms. The first kappa shape index (κ1) is 6.09. The van der Waals surface area contributed by atoms with Crippen molar-refractivity contribution < 1.29 is 5.11 Å². The molecule has 1 radical (unpaired) electrons. The zero-order valence-corrected chi connectivity index (χ0v) is 5.14. The van der Waals surface area contributed by atoms with Gasteiger partial charge >= 0.3 is 0 Å². The molecule has 1 aliphatic carbocycles. The van der Waals surface area contributed by atoms with E-state index in [1.807, 2.05) is 0 Å². The topological polar surface area (TPSA) is 20.2 Å². The van der Waals surface area contributed by atoms with Crippen molar-refractivity contribution in [1.82, 2.24) is 0 Å². The lowest BCUT2D eigenvalue weighted by atomic mass is 9.89. The van der Waals surface area contributed by atoms with Crippen molar-refractivity contribution in [3.63, 3.8) is 0 Å². The summed E-state index contributed by atoms with van der Waals surface area (Å²) in [4.78, 5) is 0. The Morgan fingerprint density at radius 1 is 1.38 bits per heavy atom. The Bertz CT molecular complexity index is 62.8. The summed E-state index contributed by atoms with van der Waals surface area (Å²) in [6.45, 7) is 3.89. The van der Waals surface area contributed by atoms with Crippen LogP contribution >= 0.6 is 0 Å². The van der Waals surface area contributed by atoms with Crippen molar-refractivity contribution in [1.29, 1.82) is 0 Å². The van der Waals surface area contributed by atoms with Crippen LogP contribution in [0.5, 0.6) is 0 Å². The Morgan fingerprint density at radius 2 is 2.12 bits per heavy atom. The highest BCUT2D eigenvalue weighted by molar-refractivity contribution is 4.72. The highest BCUT2D eigenvalue weighted by atomic mass is 16.3. The van der Waals surface area contributed by atoms with Crippen LogP contribution in [0.25, 0.3) is 0 Å². The van der Waals surface area contributed by atoms with E-state index in [1.54, 1.807) is 0 Å². The molecule has 2 atom stereocenters. The normalized spacial score (nSPS) is 39.8. The average molecular weight is 113 g/mol. The molecule has 1 N–H and O–H groups in total. The minimum Gasteiger partial charge on any atom is -0.393 e. The molecule has 8 heavy (non-hydrogen) atoms. The molecule has 47 valence electrons. The SMILES string of the molecule is [CH2]C1CCCC(O)C1. The molecular formula is C7H13O. The second kappa shape index (κ2) is 2.49. The van der Waals surface area contributed by atoms with Crippen LogP contribution in [0.2, 0.25) is 0 Å². The highest BCUT2D eigenvalue weighted by Gasteiger charge is 2.15. The standard InChI is InChI=1S/C7H13O/c1-6-3-2-4-7(8)5-6/h6-8H,1-5H2. The Morgan fingerprint density at radius 3 is 2.50 bits per heavy atom. The maximum absolute atomic E-state index is 9.04. The highest BCUT2D eigenvalue weighted by Crippen LogP contribution is 2.22. The Balaban J connectivity index is 2.23. The van der Waals surface area contributed by atoms with Crippen LogP contribution in [0.4, 0.5) is 0 Å². The van der Waals surface area contributed by atoms with Gasteiger partial charge in [0, 0.05) is 0 Å². The summed E-state index contributed by atoms with van der Waals surface area (Å²) < 4.78 is 0. The van der Waals surface area contributed by atoms with Crippen LogP contribution in [-0.4, -0.2) is 11.2 Å². The molecule has 1 aliphatic rings. The number of hydrogen-bond acceptors (Lipinski definition) is 1. The van der Waals surface area contributed by atoms with E-state index in [2.05, 4.69) is 6.92 Å². The van der Waals surface area contributed by atoms with Gasteiger partial charge in [-0.15, -0.1) is 0 Å². The van der Waals surface area contributed by atoms with Gasteiger partial charge in [-0.2, -0.15) is 0 Å². The van der Waals surface area contributed by atoms with Crippen molar-refractivity contribution in [2.24, 2.45) is 5.92 Å². The van der Waals surface area contributed by atoms with E-state index in [0.29, 0.717) is 5.92 Å². The second-order valence-corrected chi connectivity index (χ2v) is 2.69. The quantitative estimate of drug-likeness (QED) is 0.503. The predicted octanol–water partition coefficient (Wildman–Crippen LogP) is 1.37. The van der Waals surface area contributed by atoms with Crippen LogP contribution in [-0.2, 0) is 0 Å². The first-order chi connectivity index (χ1) is 3.79. The molecule has 1 saturated carbocycles. The van der Waals surface area contributed by atoms with Crippen molar-refractivity contribution in [2.75, 3.05) is 0 Å². The average Bonchev–Trinajstić information content (AvgIpc) is 1.64. The van der Waals surface area contributed by atoms with Gasteiger partial charge in [0.05, 0.1) is 6.10 Å². The van der Waals surface area contributed by atoms with Gasteiger partial charge in [-0.1, -0.05) is 19.8 Å². The number of aliphatic hydroxyl groups is 1. The van der Waals surface area contributed by atoms with E-state index >= 15 is 0 Å². The molecule has 0 amide bonds. The maximum Gasteiger partial charge on any atom is 0.0542 e. The molecule has 1 nitrogen and oxygen atoms in total. The number of rotatable bonds is 0. The fourth-order valence-electron chi connectivity index (χ4n) is 1.26. The maximum atomic E-state index is 9.04. The van der Waals surface area contributed by atoms with E-state index < -0.39 is 0 Å². The van der Waals surface area contributed by atoms with Gasteiger partial charge in [0.2, 0.25) is 0 Å². The molecule has 0 spiro atoms. The minimum atomic E-state index is -0.0498. The van der Waals surface area contributed by atoms with Gasteiger partial charge < -0.3 is 5.11 Å². The largest absolute Gasteiger partial charge is 0.393 e. The van der Waals surface area contributed by atoms with Gasteiger partial charge in [-0.3, -0.25) is 0 Å². The molecule has 0 heterocycles. The first-order valence-corrected chi connectivity index (χ1v) is 3.30. The van der Waals surface area contributed by atoms with Crippen LogP contribution in [0.15, 0.2) is 0 Å². The molecule has 0 aromatic rings.